The molecule has 114 valence electrons. The number of thiazole rings is 1. The Morgan fingerprint density at radius 2 is 1.90 bits per heavy atom. The van der Waals surface area contributed by atoms with Gasteiger partial charge in [-0.15, -0.1) is 11.3 Å². The van der Waals surface area contributed by atoms with E-state index in [0.717, 1.165) is 29.6 Å². The van der Waals surface area contributed by atoms with Crippen LogP contribution < -0.4 is 5.32 Å². The lowest BCUT2D eigenvalue weighted by atomic mass is 9.93. The van der Waals surface area contributed by atoms with Crippen LogP contribution in [-0.2, 0) is 12.0 Å². The van der Waals surface area contributed by atoms with Crippen LogP contribution in [0.25, 0.3) is 0 Å². The highest BCUT2D eigenvalue weighted by Gasteiger charge is 2.30. The van der Waals surface area contributed by atoms with Crippen molar-refractivity contribution in [2.45, 2.75) is 46.1 Å². The molecule has 1 unspecified atom stereocenters. The monoisotopic (exact) mass is 366 g/mol. The maximum atomic E-state index is 4.80. The Hall–Kier alpha value is -0.710. The van der Waals surface area contributed by atoms with Crippen molar-refractivity contribution >= 4 is 27.3 Å². The normalized spacial score (nSPS) is 14.1. The number of hydrogen-bond acceptors (Lipinski definition) is 3. The van der Waals surface area contributed by atoms with Gasteiger partial charge in [0.1, 0.15) is 5.01 Å². The average molecular weight is 367 g/mol. The van der Waals surface area contributed by atoms with E-state index in [-0.39, 0.29) is 5.54 Å². The molecule has 21 heavy (non-hydrogen) atoms. The summed E-state index contributed by atoms with van der Waals surface area (Å²) in [5.74, 6) is 0. The molecule has 2 rings (SSSR count). The van der Waals surface area contributed by atoms with E-state index in [9.17, 15) is 0 Å². The van der Waals surface area contributed by atoms with E-state index in [1.807, 2.05) is 11.3 Å². The summed E-state index contributed by atoms with van der Waals surface area (Å²) >= 11 is 5.31. The van der Waals surface area contributed by atoms with Crippen molar-refractivity contribution in [3.05, 3.63) is 49.9 Å². The highest BCUT2D eigenvalue weighted by molar-refractivity contribution is 9.10. The van der Waals surface area contributed by atoms with Crippen molar-refractivity contribution in [3.63, 3.8) is 0 Å². The summed E-state index contributed by atoms with van der Waals surface area (Å²) < 4.78 is 1.12. The highest BCUT2D eigenvalue weighted by Crippen LogP contribution is 2.31. The molecule has 4 heteroatoms. The Morgan fingerprint density at radius 3 is 2.43 bits per heavy atom. The topological polar surface area (TPSA) is 24.9 Å². The molecule has 0 bridgehead atoms. The van der Waals surface area contributed by atoms with Crippen LogP contribution in [0.1, 0.15) is 41.4 Å². The van der Waals surface area contributed by atoms with Crippen LogP contribution in [0.2, 0.25) is 0 Å². The maximum absolute atomic E-state index is 4.80. The Balaban J connectivity index is 2.29. The van der Waals surface area contributed by atoms with Crippen molar-refractivity contribution in [1.29, 1.82) is 0 Å². The summed E-state index contributed by atoms with van der Waals surface area (Å²) in [6.45, 7) is 9.71. The summed E-state index contributed by atoms with van der Waals surface area (Å²) in [6.07, 6.45) is 2.08. The molecule has 0 amide bonds. The number of rotatable bonds is 6. The van der Waals surface area contributed by atoms with E-state index in [0.29, 0.717) is 0 Å². The van der Waals surface area contributed by atoms with E-state index in [1.54, 1.807) is 0 Å². The summed E-state index contributed by atoms with van der Waals surface area (Å²) in [6, 6.07) is 8.58. The molecule has 1 heterocycles. The first kappa shape index (κ1) is 16.7. The molecular weight excluding hydrogens is 344 g/mol. The first-order valence-corrected chi connectivity index (χ1v) is 8.99. The summed E-state index contributed by atoms with van der Waals surface area (Å²) in [5, 5.41) is 4.89. The Kier molecular flexibility index (Phi) is 5.58. The van der Waals surface area contributed by atoms with Crippen LogP contribution >= 0.6 is 27.3 Å². The summed E-state index contributed by atoms with van der Waals surface area (Å²) in [5.41, 5.74) is 2.37. The van der Waals surface area contributed by atoms with Gasteiger partial charge in [-0.2, -0.15) is 0 Å². The highest BCUT2D eigenvalue weighted by atomic mass is 79.9. The Bertz CT molecular complexity index is 572. The van der Waals surface area contributed by atoms with Gasteiger partial charge in [-0.05, 0) is 57.9 Å². The van der Waals surface area contributed by atoms with Gasteiger partial charge in [-0.1, -0.05) is 35.0 Å². The number of halogens is 1. The largest absolute Gasteiger partial charge is 0.305 e. The number of aromatic nitrogens is 1. The van der Waals surface area contributed by atoms with Crippen LogP contribution in [0, 0.1) is 13.8 Å². The second-order valence-corrected chi connectivity index (χ2v) is 7.84. The zero-order valence-electron chi connectivity index (χ0n) is 13.2. The van der Waals surface area contributed by atoms with Gasteiger partial charge in [0.15, 0.2) is 0 Å². The number of nitrogens with one attached hydrogen (secondary N) is 1. The van der Waals surface area contributed by atoms with Gasteiger partial charge in [0.2, 0.25) is 0 Å². The van der Waals surface area contributed by atoms with E-state index in [4.69, 9.17) is 4.98 Å². The average Bonchev–Trinajstić information content (AvgIpc) is 2.80. The summed E-state index contributed by atoms with van der Waals surface area (Å²) in [7, 11) is 0. The molecule has 0 saturated carbocycles. The Labute approximate surface area is 140 Å². The fourth-order valence-electron chi connectivity index (χ4n) is 2.33. The molecule has 1 aromatic carbocycles. The number of hydrogen-bond donors (Lipinski definition) is 1. The zero-order chi connectivity index (χ0) is 15.5. The predicted octanol–water partition coefficient (Wildman–Crippen LogP) is 4.98. The van der Waals surface area contributed by atoms with Crippen LogP contribution in [-0.4, -0.2) is 11.5 Å². The van der Waals surface area contributed by atoms with Gasteiger partial charge < -0.3 is 5.32 Å². The van der Waals surface area contributed by atoms with Gasteiger partial charge in [0.05, 0.1) is 11.2 Å². The third-order valence-corrected chi connectivity index (χ3v) is 5.60. The van der Waals surface area contributed by atoms with Gasteiger partial charge in [0.25, 0.3) is 0 Å². The molecule has 0 aliphatic heterocycles. The molecule has 0 spiro atoms. The van der Waals surface area contributed by atoms with Gasteiger partial charge in [-0.25, -0.2) is 4.98 Å². The smallest absolute Gasteiger partial charge is 0.113 e. The molecule has 0 aliphatic rings. The fourth-order valence-corrected chi connectivity index (χ4v) is 3.63. The standard InChI is InChI=1S/C17H23BrN2S/c1-5-10-19-17(4,16-20-12(2)13(3)21-16)11-14-6-8-15(18)9-7-14/h6-9,19H,5,10-11H2,1-4H3. The van der Waals surface area contributed by atoms with Crippen LogP contribution in [0.4, 0.5) is 0 Å². The van der Waals surface area contributed by atoms with Gasteiger partial charge >= 0.3 is 0 Å². The minimum Gasteiger partial charge on any atom is -0.305 e. The van der Waals surface area contributed by atoms with Crippen molar-refractivity contribution in [2.75, 3.05) is 6.54 Å². The van der Waals surface area contributed by atoms with Gasteiger partial charge in [0, 0.05) is 9.35 Å². The van der Waals surface area contributed by atoms with E-state index in [1.165, 1.54) is 15.4 Å². The minimum atomic E-state index is -0.104. The Morgan fingerprint density at radius 1 is 1.24 bits per heavy atom. The lowest BCUT2D eigenvalue weighted by Gasteiger charge is -2.29. The second-order valence-electron chi connectivity index (χ2n) is 5.72. The van der Waals surface area contributed by atoms with Crippen molar-refractivity contribution in [1.82, 2.24) is 10.3 Å². The fraction of sp³-hybridized carbons (Fsp3) is 0.471. The summed E-state index contributed by atoms with van der Waals surface area (Å²) in [4.78, 5) is 6.11. The molecule has 0 aliphatic carbocycles. The molecule has 0 fully saturated rings. The lowest BCUT2D eigenvalue weighted by Crippen LogP contribution is -2.42. The lowest BCUT2D eigenvalue weighted by molar-refractivity contribution is 0.362. The first-order valence-electron chi connectivity index (χ1n) is 7.38. The molecule has 2 nitrogen and oxygen atoms in total. The number of benzene rings is 1. The molecule has 2 aromatic rings. The number of aryl methyl sites for hydroxylation is 2. The van der Waals surface area contributed by atoms with Crippen LogP contribution in [0.5, 0.6) is 0 Å². The third kappa shape index (κ3) is 4.15. The van der Waals surface area contributed by atoms with Crippen molar-refractivity contribution in [2.24, 2.45) is 0 Å². The predicted molar refractivity (Wildman–Crippen MR) is 95.1 cm³/mol. The molecule has 0 radical (unpaired) electrons. The molecule has 0 saturated heterocycles. The quantitative estimate of drug-likeness (QED) is 0.779. The molecular formula is C17H23BrN2S. The van der Waals surface area contributed by atoms with Crippen molar-refractivity contribution < 1.29 is 0 Å². The number of nitrogens with zero attached hydrogens (tertiary/aromatic N) is 1. The molecule has 1 atom stereocenters. The van der Waals surface area contributed by atoms with Crippen LogP contribution in [0.15, 0.2) is 28.7 Å². The van der Waals surface area contributed by atoms with Crippen molar-refractivity contribution in [3.8, 4) is 0 Å². The SMILES string of the molecule is CCCNC(C)(Cc1ccc(Br)cc1)c1nc(C)c(C)s1. The second kappa shape index (κ2) is 7.03. The van der Waals surface area contributed by atoms with Crippen LogP contribution in [0.3, 0.4) is 0 Å². The van der Waals surface area contributed by atoms with E-state index >= 15 is 0 Å². The third-order valence-electron chi connectivity index (χ3n) is 3.74. The molecule has 1 aromatic heterocycles. The maximum Gasteiger partial charge on any atom is 0.113 e. The van der Waals surface area contributed by atoms with E-state index in [2.05, 4.69) is 73.2 Å². The van der Waals surface area contributed by atoms with E-state index < -0.39 is 0 Å². The van der Waals surface area contributed by atoms with Gasteiger partial charge in [-0.3, -0.25) is 0 Å². The first-order chi connectivity index (χ1) is 9.94. The molecule has 1 N–H and O–H groups in total. The minimum absolute atomic E-state index is 0.104. The zero-order valence-corrected chi connectivity index (χ0v) is 15.6.